The van der Waals surface area contributed by atoms with Gasteiger partial charge in [-0.25, -0.2) is 0 Å². The van der Waals surface area contributed by atoms with Crippen LogP contribution in [0.15, 0.2) is 0 Å². The molecule has 0 aliphatic heterocycles. The molecule has 4 heteroatoms. The van der Waals surface area contributed by atoms with Gasteiger partial charge in [0.2, 0.25) is 0 Å². The number of carbonyl (C=O) groups is 1. The summed E-state index contributed by atoms with van der Waals surface area (Å²) in [5.41, 5.74) is 0. The minimum atomic E-state index is -0.744. The lowest BCUT2D eigenvalue weighted by Crippen LogP contribution is -2.42. The first-order valence-corrected chi connectivity index (χ1v) is 5.15. The molecule has 1 aliphatic carbocycles. The first kappa shape index (κ1) is 11.5. The molecule has 0 saturated heterocycles. The van der Waals surface area contributed by atoms with Crippen molar-refractivity contribution in [3.63, 3.8) is 0 Å². The molecule has 1 N–H and O–H groups in total. The van der Waals surface area contributed by atoms with Crippen LogP contribution in [0.3, 0.4) is 0 Å². The van der Waals surface area contributed by atoms with Crippen molar-refractivity contribution in [3.05, 3.63) is 0 Å². The van der Waals surface area contributed by atoms with Gasteiger partial charge in [-0.1, -0.05) is 6.92 Å². The van der Waals surface area contributed by atoms with Gasteiger partial charge in [-0.2, -0.15) is 0 Å². The monoisotopic (exact) mass is 201 g/mol. The van der Waals surface area contributed by atoms with Crippen molar-refractivity contribution in [1.82, 2.24) is 4.90 Å². The van der Waals surface area contributed by atoms with Crippen LogP contribution in [0, 0.1) is 0 Å². The van der Waals surface area contributed by atoms with Crippen molar-refractivity contribution in [3.8, 4) is 0 Å². The van der Waals surface area contributed by atoms with Crippen molar-refractivity contribution < 1.29 is 14.6 Å². The van der Waals surface area contributed by atoms with E-state index in [0.717, 1.165) is 19.3 Å². The third kappa shape index (κ3) is 3.27. The highest BCUT2D eigenvalue weighted by molar-refractivity contribution is 5.69. The first-order chi connectivity index (χ1) is 6.69. The molecule has 1 rings (SSSR count). The lowest BCUT2D eigenvalue weighted by atomic mass is 10.2. The molecule has 0 aromatic rings. The number of carboxylic acids is 1. The summed E-state index contributed by atoms with van der Waals surface area (Å²) in [7, 11) is 1.66. The molecule has 1 saturated carbocycles. The quantitative estimate of drug-likeness (QED) is 0.666. The molecule has 82 valence electrons. The highest BCUT2D eigenvalue weighted by Crippen LogP contribution is 2.29. The lowest BCUT2D eigenvalue weighted by molar-refractivity contribution is -0.139. The zero-order valence-electron chi connectivity index (χ0n) is 8.90. The number of ether oxygens (including phenoxy) is 1. The summed E-state index contributed by atoms with van der Waals surface area (Å²) in [6, 6.07) is 0.731. The number of hydrogen-bond donors (Lipinski definition) is 1. The topological polar surface area (TPSA) is 49.8 Å². The molecule has 1 unspecified atom stereocenters. The minimum absolute atomic E-state index is 0.145. The van der Waals surface area contributed by atoms with E-state index in [9.17, 15) is 4.79 Å². The zero-order valence-corrected chi connectivity index (χ0v) is 8.90. The van der Waals surface area contributed by atoms with Gasteiger partial charge in [0.15, 0.2) is 0 Å². The van der Waals surface area contributed by atoms with Crippen LogP contribution < -0.4 is 0 Å². The van der Waals surface area contributed by atoms with Gasteiger partial charge in [0.25, 0.3) is 0 Å². The van der Waals surface area contributed by atoms with Crippen molar-refractivity contribution in [1.29, 1.82) is 0 Å². The van der Waals surface area contributed by atoms with Gasteiger partial charge in [0.1, 0.15) is 0 Å². The summed E-state index contributed by atoms with van der Waals surface area (Å²) in [6.45, 7) is 2.84. The molecule has 1 aliphatic rings. The van der Waals surface area contributed by atoms with E-state index in [4.69, 9.17) is 9.84 Å². The number of carboxylic acid groups (broad SMARTS) is 1. The minimum Gasteiger partial charge on any atom is -0.480 e. The first-order valence-electron chi connectivity index (χ1n) is 5.15. The van der Waals surface area contributed by atoms with Crippen LogP contribution in [0.2, 0.25) is 0 Å². The van der Waals surface area contributed by atoms with Crippen molar-refractivity contribution in [2.75, 3.05) is 20.3 Å². The van der Waals surface area contributed by atoms with Crippen LogP contribution in [0.4, 0.5) is 0 Å². The molecular weight excluding hydrogens is 182 g/mol. The van der Waals surface area contributed by atoms with Gasteiger partial charge in [-0.3, -0.25) is 9.69 Å². The van der Waals surface area contributed by atoms with Crippen LogP contribution in [0.25, 0.3) is 0 Å². The normalized spacial score (nSPS) is 18.5. The predicted octanol–water partition coefficient (Wildman–Crippen LogP) is 0.960. The maximum Gasteiger partial charge on any atom is 0.317 e. The van der Waals surface area contributed by atoms with E-state index < -0.39 is 5.97 Å². The average Bonchev–Trinajstić information content (AvgIpc) is 2.93. The van der Waals surface area contributed by atoms with E-state index in [1.165, 1.54) is 0 Å². The molecule has 0 aromatic heterocycles. The molecule has 0 spiro atoms. The molecule has 4 nitrogen and oxygen atoms in total. The SMILES string of the molecule is CCC(COC)N(CC(=O)O)C1CC1. The molecular formula is C10H19NO3. The molecule has 0 aromatic carbocycles. The van der Waals surface area contributed by atoms with Crippen LogP contribution >= 0.6 is 0 Å². The standard InChI is InChI=1S/C10H19NO3/c1-3-8(7-14-2)11(6-10(12)13)9-4-5-9/h8-9H,3-7H2,1-2H3,(H,12,13). The number of methoxy groups -OCH3 is 1. The Bertz CT molecular complexity index is 192. The Labute approximate surface area is 84.8 Å². The Morgan fingerprint density at radius 1 is 1.64 bits per heavy atom. The number of nitrogens with zero attached hydrogens (tertiary/aromatic N) is 1. The summed E-state index contributed by atoms with van der Waals surface area (Å²) >= 11 is 0. The van der Waals surface area contributed by atoms with E-state index >= 15 is 0 Å². The third-order valence-corrected chi connectivity index (χ3v) is 2.63. The summed E-state index contributed by atoms with van der Waals surface area (Å²) in [5, 5.41) is 8.79. The van der Waals surface area contributed by atoms with Crippen molar-refractivity contribution in [2.45, 2.75) is 38.3 Å². The number of rotatable bonds is 7. The van der Waals surface area contributed by atoms with Crippen LogP contribution in [-0.4, -0.2) is 48.3 Å². The predicted molar refractivity (Wildman–Crippen MR) is 53.3 cm³/mol. The maximum atomic E-state index is 10.7. The second kappa shape index (κ2) is 5.32. The van der Waals surface area contributed by atoms with E-state index in [0.29, 0.717) is 12.6 Å². The Balaban J connectivity index is 2.49. The van der Waals surface area contributed by atoms with Gasteiger partial charge < -0.3 is 9.84 Å². The van der Waals surface area contributed by atoms with E-state index in [1.807, 2.05) is 0 Å². The van der Waals surface area contributed by atoms with Gasteiger partial charge >= 0.3 is 5.97 Å². The number of aliphatic carboxylic acids is 1. The van der Waals surface area contributed by atoms with Gasteiger partial charge in [-0.05, 0) is 19.3 Å². The summed E-state index contributed by atoms with van der Waals surface area (Å²) in [4.78, 5) is 12.7. The molecule has 0 amide bonds. The highest BCUT2D eigenvalue weighted by atomic mass is 16.5. The van der Waals surface area contributed by atoms with Crippen molar-refractivity contribution in [2.24, 2.45) is 0 Å². The van der Waals surface area contributed by atoms with Crippen LogP contribution in [0.1, 0.15) is 26.2 Å². The zero-order chi connectivity index (χ0) is 10.6. The lowest BCUT2D eigenvalue weighted by Gasteiger charge is -2.28. The Hall–Kier alpha value is -0.610. The largest absolute Gasteiger partial charge is 0.480 e. The van der Waals surface area contributed by atoms with Gasteiger partial charge in [0.05, 0.1) is 13.2 Å². The Morgan fingerprint density at radius 2 is 2.29 bits per heavy atom. The van der Waals surface area contributed by atoms with Crippen molar-refractivity contribution >= 4 is 5.97 Å². The van der Waals surface area contributed by atoms with E-state index in [2.05, 4.69) is 11.8 Å². The van der Waals surface area contributed by atoms with E-state index in [-0.39, 0.29) is 12.6 Å². The molecule has 0 radical (unpaired) electrons. The Kier molecular flexibility index (Phi) is 4.35. The second-order valence-electron chi connectivity index (χ2n) is 3.81. The summed E-state index contributed by atoms with van der Waals surface area (Å²) < 4.78 is 5.10. The van der Waals surface area contributed by atoms with Crippen LogP contribution in [0.5, 0.6) is 0 Å². The highest BCUT2D eigenvalue weighted by Gasteiger charge is 2.34. The fourth-order valence-corrected chi connectivity index (χ4v) is 1.76. The molecule has 1 fully saturated rings. The fourth-order valence-electron chi connectivity index (χ4n) is 1.76. The smallest absolute Gasteiger partial charge is 0.317 e. The third-order valence-electron chi connectivity index (χ3n) is 2.63. The molecule has 1 atom stereocenters. The molecule has 0 bridgehead atoms. The van der Waals surface area contributed by atoms with Crippen LogP contribution in [-0.2, 0) is 9.53 Å². The fraction of sp³-hybridized carbons (Fsp3) is 0.900. The maximum absolute atomic E-state index is 10.7. The summed E-state index contributed by atoms with van der Waals surface area (Å²) in [6.07, 6.45) is 3.21. The summed E-state index contributed by atoms with van der Waals surface area (Å²) in [5.74, 6) is -0.744. The van der Waals surface area contributed by atoms with Gasteiger partial charge in [0, 0.05) is 19.2 Å². The van der Waals surface area contributed by atoms with Gasteiger partial charge in [-0.15, -0.1) is 0 Å². The molecule has 0 heterocycles. The average molecular weight is 201 g/mol. The Morgan fingerprint density at radius 3 is 2.64 bits per heavy atom. The second-order valence-corrected chi connectivity index (χ2v) is 3.81. The molecule has 14 heavy (non-hydrogen) atoms. The number of hydrogen-bond acceptors (Lipinski definition) is 3. The van der Waals surface area contributed by atoms with E-state index in [1.54, 1.807) is 7.11 Å².